The van der Waals surface area contributed by atoms with Crippen molar-refractivity contribution in [3.05, 3.63) is 45.0 Å². The number of aromatic amines is 2. The topological polar surface area (TPSA) is 72.2 Å². The normalized spacial score (nSPS) is 14.4. The van der Waals surface area contributed by atoms with Crippen molar-refractivity contribution in [2.45, 2.75) is 12.6 Å². The van der Waals surface area contributed by atoms with Crippen LogP contribution in [0, 0.1) is 0 Å². The number of hydrogen-bond acceptors (Lipinski definition) is 4. The molecule has 2 aromatic rings. The Labute approximate surface area is 127 Å². The molecule has 0 spiro atoms. The van der Waals surface area contributed by atoms with Gasteiger partial charge < -0.3 is 0 Å². The first-order valence-corrected chi connectivity index (χ1v) is 6.21. The van der Waals surface area contributed by atoms with E-state index in [4.69, 9.17) is 0 Å². The van der Waals surface area contributed by atoms with Crippen molar-refractivity contribution in [1.29, 1.82) is 0 Å². The zero-order valence-corrected chi connectivity index (χ0v) is 11.3. The molecule has 1 aliphatic heterocycles. The highest BCUT2D eigenvalue weighted by atomic mass is 19.4. The van der Waals surface area contributed by atoms with Crippen LogP contribution in [-0.2, 0) is 0 Å². The van der Waals surface area contributed by atoms with Crippen LogP contribution < -0.4 is 20.9 Å². The Morgan fingerprint density at radius 1 is 0.708 bits per heavy atom. The van der Waals surface area contributed by atoms with Gasteiger partial charge in [-0.25, -0.2) is 9.80 Å². The third kappa shape index (κ3) is 2.21. The predicted molar refractivity (Wildman–Crippen MR) is 70.5 cm³/mol. The van der Waals surface area contributed by atoms with Gasteiger partial charge in [-0.1, -0.05) is 12.1 Å². The van der Waals surface area contributed by atoms with Gasteiger partial charge in [0.1, 0.15) is 11.4 Å². The summed E-state index contributed by atoms with van der Waals surface area (Å²) in [5, 5.41) is 3.21. The van der Waals surface area contributed by atoms with E-state index in [0.29, 0.717) is 0 Å². The molecule has 0 fully saturated rings. The molecule has 1 aromatic carbocycles. The number of para-hydroxylation sites is 2. The molecule has 0 saturated heterocycles. The Kier molecular flexibility index (Phi) is 3.18. The third-order valence-electron chi connectivity index (χ3n) is 3.26. The third-order valence-corrected chi connectivity index (χ3v) is 3.26. The number of benzene rings is 1. The first kappa shape index (κ1) is 16.0. The summed E-state index contributed by atoms with van der Waals surface area (Å²) in [6, 6.07) is 3.70. The van der Waals surface area contributed by atoms with Crippen LogP contribution in [0.25, 0.3) is 0 Å². The van der Waals surface area contributed by atoms with Crippen LogP contribution >= 0.6 is 0 Å². The highest BCUT2D eigenvalue weighted by Crippen LogP contribution is 2.52. The molecular formula is C12H6F6N4O2. The number of alkyl halides is 6. The summed E-state index contributed by atoms with van der Waals surface area (Å²) >= 11 is 0. The van der Waals surface area contributed by atoms with Gasteiger partial charge in [0.05, 0.1) is 11.4 Å². The van der Waals surface area contributed by atoms with Crippen molar-refractivity contribution < 1.29 is 26.3 Å². The molecule has 0 bridgehead atoms. The van der Waals surface area contributed by atoms with E-state index < -0.39 is 56.3 Å². The van der Waals surface area contributed by atoms with Crippen LogP contribution in [0.2, 0.25) is 0 Å². The number of rotatable bonds is 0. The maximum Gasteiger partial charge on any atom is 0.489 e. The number of aromatic nitrogens is 2. The molecule has 12 heteroatoms. The lowest BCUT2D eigenvalue weighted by molar-refractivity contribution is -0.127. The van der Waals surface area contributed by atoms with Crippen molar-refractivity contribution in [2.24, 2.45) is 0 Å². The van der Waals surface area contributed by atoms with Gasteiger partial charge in [-0.3, -0.25) is 19.8 Å². The second kappa shape index (κ2) is 4.79. The van der Waals surface area contributed by atoms with Crippen LogP contribution in [0.15, 0.2) is 33.9 Å². The largest absolute Gasteiger partial charge is 0.489 e. The monoisotopic (exact) mass is 352 g/mol. The molecule has 24 heavy (non-hydrogen) atoms. The second-order valence-corrected chi connectivity index (χ2v) is 4.70. The van der Waals surface area contributed by atoms with E-state index in [2.05, 4.69) is 0 Å². The van der Waals surface area contributed by atoms with E-state index >= 15 is 0 Å². The van der Waals surface area contributed by atoms with Crippen molar-refractivity contribution in [1.82, 2.24) is 10.2 Å². The molecule has 6 nitrogen and oxygen atoms in total. The minimum atomic E-state index is -5.23. The van der Waals surface area contributed by atoms with Crippen molar-refractivity contribution >= 4 is 22.7 Å². The lowest BCUT2D eigenvalue weighted by Gasteiger charge is -2.39. The van der Waals surface area contributed by atoms with Gasteiger partial charge in [0.2, 0.25) is 0 Å². The van der Waals surface area contributed by atoms with Crippen molar-refractivity contribution in [3.8, 4) is 0 Å². The average molecular weight is 352 g/mol. The van der Waals surface area contributed by atoms with Crippen LogP contribution in [0.3, 0.4) is 0 Å². The van der Waals surface area contributed by atoms with Gasteiger partial charge >= 0.3 is 12.6 Å². The van der Waals surface area contributed by atoms with Gasteiger partial charge in [-0.05, 0) is 12.1 Å². The number of halogens is 6. The van der Waals surface area contributed by atoms with Gasteiger partial charge in [-0.15, -0.1) is 26.3 Å². The highest BCUT2D eigenvalue weighted by Gasteiger charge is 2.52. The standard InChI is InChI=1S/C12H6F6N4O2/c13-11(14,15)21-5-3-1-2-4-6(5)22(12(16,17)18)8-7(21)9(23)19-20-10(8)24/h1-4H,(H,19,23)(H,20,24). The van der Waals surface area contributed by atoms with Crippen LogP contribution in [0.4, 0.5) is 49.1 Å². The number of fused-ring (bicyclic) bond motifs is 2. The number of hydrogen-bond donors (Lipinski definition) is 2. The summed E-state index contributed by atoms with van der Waals surface area (Å²) in [5.41, 5.74) is -7.81. The molecule has 0 atom stereocenters. The van der Waals surface area contributed by atoms with E-state index in [1.807, 2.05) is 0 Å². The maximum atomic E-state index is 13.4. The summed E-state index contributed by atoms with van der Waals surface area (Å²) in [6.45, 7) is 0. The molecule has 3 rings (SSSR count). The number of anilines is 4. The minimum absolute atomic E-state index is 0.548. The molecular weight excluding hydrogens is 346 g/mol. The summed E-state index contributed by atoms with van der Waals surface area (Å²) in [4.78, 5) is 22.5. The molecule has 0 unspecified atom stereocenters. The lowest BCUT2D eigenvalue weighted by Crippen LogP contribution is -2.48. The minimum Gasteiger partial charge on any atom is -0.266 e. The van der Waals surface area contributed by atoms with Crippen molar-refractivity contribution in [2.75, 3.05) is 9.80 Å². The van der Waals surface area contributed by atoms with Crippen molar-refractivity contribution in [3.63, 3.8) is 0 Å². The SMILES string of the molecule is O=c1[nH][nH]c(=O)c2c1N(C(F)(F)F)c1ccccc1N2C(F)(F)F. The van der Waals surface area contributed by atoms with E-state index in [-0.39, 0.29) is 0 Å². The molecule has 0 saturated carbocycles. The summed E-state index contributed by atoms with van der Waals surface area (Å²) < 4.78 is 80.4. The van der Waals surface area contributed by atoms with Crippen LogP contribution in [0.5, 0.6) is 0 Å². The van der Waals surface area contributed by atoms with E-state index in [1.165, 1.54) is 0 Å². The van der Waals surface area contributed by atoms with Gasteiger partial charge in [0.15, 0.2) is 0 Å². The maximum absolute atomic E-state index is 13.4. The molecule has 0 amide bonds. The van der Waals surface area contributed by atoms with Gasteiger partial charge in [-0.2, -0.15) is 0 Å². The molecule has 2 heterocycles. The summed E-state index contributed by atoms with van der Waals surface area (Å²) in [6.07, 6.45) is -10.5. The fraction of sp³-hybridized carbons (Fsp3) is 0.167. The number of nitrogens with one attached hydrogen (secondary N) is 2. The molecule has 1 aliphatic rings. The Morgan fingerprint density at radius 2 is 1.04 bits per heavy atom. The predicted octanol–water partition coefficient (Wildman–Crippen LogP) is 2.69. The highest BCUT2D eigenvalue weighted by molar-refractivity contribution is 5.92. The summed E-state index contributed by atoms with van der Waals surface area (Å²) in [5.74, 6) is 0. The van der Waals surface area contributed by atoms with E-state index in [9.17, 15) is 35.9 Å². The van der Waals surface area contributed by atoms with E-state index in [0.717, 1.165) is 24.3 Å². The fourth-order valence-electron chi connectivity index (χ4n) is 2.47. The van der Waals surface area contributed by atoms with Crippen LogP contribution in [-0.4, -0.2) is 22.8 Å². The number of nitrogens with zero attached hydrogens (tertiary/aromatic N) is 2. The van der Waals surface area contributed by atoms with Gasteiger partial charge in [0.25, 0.3) is 11.1 Å². The Hall–Kier alpha value is -2.92. The molecule has 1 aromatic heterocycles. The Bertz CT molecular complexity index is 839. The first-order valence-electron chi connectivity index (χ1n) is 6.21. The smallest absolute Gasteiger partial charge is 0.266 e. The van der Waals surface area contributed by atoms with Gasteiger partial charge in [0, 0.05) is 0 Å². The zero-order chi connectivity index (χ0) is 17.9. The van der Waals surface area contributed by atoms with Crippen LogP contribution in [0.1, 0.15) is 0 Å². The second-order valence-electron chi connectivity index (χ2n) is 4.70. The fourth-order valence-corrected chi connectivity index (χ4v) is 2.47. The Morgan fingerprint density at radius 3 is 1.33 bits per heavy atom. The lowest BCUT2D eigenvalue weighted by atomic mass is 10.1. The summed E-state index contributed by atoms with van der Waals surface area (Å²) in [7, 11) is 0. The average Bonchev–Trinajstić information content (AvgIpc) is 2.46. The Balaban J connectivity index is 2.50. The molecule has 0 aliphatic carbocycles. The van der Waals surface area contributed by atoms with E-state index in [1.54, 1.807) is 10.2 Å². The molecule has 2 N–H and O–H groups in total. The molecule has 0 radical (unpaired) electrons. The zero-order valence-electron chi connectivity index (χ0n) is 11.3. The molecule has 128 valence electrons. The number of H-pyrrole nitrogens is 2. The quantitative estimate of drug-likeness (QED) is 0.565. The first-order chi connectivity index (χ1) is 11.0.